The summed E-state index contributed by atoms with van der Waals surface area (Å²) in [5.41, 5.74) is 4.16. The summed E-state index contributed by atoms with van der Waals surface area (Å²) in [7, 11) is 6.23. The number of carbonyl (C=O) groups excluding carboxylic acids is 2. The van der Waals surface area contributed by atoms with Gasteiger partial charge in [-0.15, -0.1) is 0 Å². The molecule has 0 radical (unpaired) electrons. The average Bonchev–Trinajstić information content (AvgIpc) is 3.46. The molecule has 0 unspecified atom stereocenters. The van der Waals surface area contributed by atoms with Gasteiger partial charge in [0.2, 0.25) is 23.0 Å². The standard InChI is InChI=1S/C37H44N6O7/c1-8-20(2)33(37(46)39-24-11-9-10-23(16-24)36-41-31(19-47-4)42-43-36)40-28-15-13-25-26(18-29(28)45)27(38-21(3)44)14-12-22-17-30(48-5)34(49-6)35(50-7)32(22)25/h9-11,13,15-18,20,27,33H,8,12,14,19H2,1-7H3,(H,38,44)(H,39,46)(H,40,45)(H,41,42,43)/t20-,27-,33+/m0/s1. The summed E-state index contributed by atoms with van der Waals surface area (Å²) in [5, 5.41) is 16.4. The Morgan fingerprint density at radius 1 is 1.02 bits per heavy atom. The van der Waals surface area contributed by atoms with Crippen molar-refractivity contribution in [2.45, 2.75) is 58.7 Å². The van der Waals surface area contributed by atoms with Crippen molar-refractivity contribution in [3.8, 4) is 39.8 Å². The quantitative estimate of drug-likeness (QED) is 0.146. The zero-order valence-electron chi connectivity index (χ0n) is 29.4. The van der Waals surface area contributed by atoms with Gasteiger partial charge in [-0.25, -0.2) is 4.98 Å². The lowest BCUT2D eigenvalue weighted by Gasteiger charge is -2.24. The maximum atomic E-state index is 14.0. The number of fused-ring (bicyclic) bond motifs is 3. The molecule has 50 heavy (non-hydrogen) atoms. The minimum atomic E-state index is -0.757. The van der Waals surface area contributed by atoms with Gasteiger partial charge in [0.05, 0.1) is 33.1 Å². The summed E-state index contributed by atoms with van der Waals surface area (Å²) in [5.74, 6) is 1.78. The molecule has 1 heterocycles. The molecule has 264 valence electrons. The zero-order valence-corrected chi connectivity index (χ0v) is 29.4. The molecule has 0 aliphatic heterocycles. The molecule has 1 aliphatic rings. The van der Waals surface area contributed by atoms with Crippen LogP contribution in [0.15, 0.2) is 53.3 Å². The van der Waals surface area contributed by atoms with E-state index in [9.17, 15) is 14.4 Å². The Bertz CT molecular complexity index is 1930. The van der Waals surface area contributed by atoms with Crippen LogP contribution in [0.4, 0.5) is 11.4 Å². The fourth-order valence-electron chi connectivity index (χ4n) is 6.28. The SMILES string of the molecule is CC[C@H](C)[C@@H](Nc1ccc2c(cc1=O)[C@@H](NC(C)=O)CCc1cc(OC)c(OC)c(OC)c1-2)C(=O)Nc1cccc(-c2n[nH]c(COC)n2)c1. The molecule has 2 amide bonds. The summed E-state index contributed by atoms with van der Waals surface area (Å²) in [4.78, 5) is 44.7. The molecule has 0 spiro atoms. The Kier molecular flexibility index (Phi) is 11.4. The first-order valence-corrected chi connectivity index (χ1v) is 16.5. The van der Waals surface area contributed by atoms with E-state index in [-0.39, 0.29) is 28.8 Å². The maximum absolute atomic E-state index is 14.0. The number of hydrogen-bond acceptors (Lipinski definition) is 10. The lowest BCUT2D eigenvalue weighted by molar-refractivity contribution is -0.120. The minimum absolute atomic E-state index is 0.143. The van der Waals surface area contributed by atoms with Gasteiger partial charge in [-0.1, -0.05) is 38.5 Å². The number of H-pyrrole nitrogens is 1. The van der Waals surface area contributed by atoms with Crippen molar-refractivity contribution in [3.63, 3.8) is 0 Å². The van der Waals surface area contributed by atoms with E-state index in [1.807, 2.05) is 38.1 Å². The molecule has 5 rings (SSSR count). The number of nitrogens with zero attached hydrogens (tertiary/aromatic N) is 2. The Morgan fingerprint density at radius 2 is 1.80 bits per heavy atom. The normalized spacial score (nSPS) is 14.7. The predicted molar refractivity (Wildman–Crippen MR) is 191 cm³/mol. The van der Waals surface area contributed by atoms with Gasteiger partial charge < -0.3 is 34.9 Å². The highest BCUT2D eigenvalue weighted by molar-refractivity contribution is 5.97. The second-order valence-electron chi connectivity index (χ2n) is 12.2. The van der Waals surface area contributed by atoms with Crippen LogP contribution in [0.2, 0.25) is 0 Å². The summed E-state index contributed by atoms with van der Waals surface area (Å²) in [6, 6.07) is 13.0. The first-order valence-electron chi connectivity index (χ1n) is 16.5. The van der Waals surface area contributed by atoms with E-state index in [1.54, 1.807) is 39.5 Å². The van der Waals surface area contributed by atoms with Crippen LogP contribution in [0.1, 0.15) is 56.6 Å². The van der Waals surface area contributed by atoms with Crippen molar-refractivity contribution < 1.29 is 28.5 Å². The second kappa shape index (κ2) is 15.9. The van der Waals surface area contributed by atoms with Crippen molar-refractivity contribution in [1.82, 2.24) is 20.5 Å². The monoisotopic (exact) mass is 684 g/mol. The Balaban J connectivity index is 1.54. The molecule has 0 fully saturated rings. The van der Waals surface area contributed by atoms with Gasteiger partial charge in [0.1, 0.15) is 12.6 Å². The number of aryl methyl sites for hydroxylation is 1. The molecule has 0 saturated heterocycles. The summed E-state index contributed by atoms with van der Waals surface area (Å²) < 4.78 is 22.3. The van der Waals surface area contributed by atoms with Gasteiger partial charge in [0.15, 0.2) is 23.1 Å². The van der Waals surface area contributed by atoms with E-state index in [1.165, 1.54) is 20.1 Å². The molecule has 1 aliphatic carbocycles. The Morgan fingerprint density at radius 3 is 2.48 bits per heavy atom. The Labute approximate surface area is 291 Å². The average molecular weight is 685 g/mol. The lowest BCUT2D eigenvalue weighted by Crippen LogP contribution is -2.40. The van der Waals surface area contributed by atoms with Gasteiger partial charge in [-0.05, 0) is 65.8 Å². The molecular formula is C37H44N6O7. The van der Waals surface area contributed by atoms with E-state index < -0.39 is 12.1 Å². The fourth-order valence-corrected chi connectivity index (χ4v) is 6.28. The summed E-state index contributed by atoms with van der Waals surface area (Å²) in [6.07, 6.45) is 1.78. The molecule has 3 aromatic carbocycles. The minimum Gasteiger partial charge on any atom is -0.493 e. The first kappa shape index (κ1) is 35.9. The number of amides is 2. The van der Waals surface area contributed by atoms with Crippen molar-refractivity contribution in [3.05, 3.63) is 75.7 Å². The van der Waals surface area contributed by atoms with Crippen molar-refractivity contribution in [2.75, 3.05) is 39.1 Å². The third-order valence-corrected chi connectivity index (χ3v) is 8.92. The molecule has 4 aromatic rings. The van der Waals surface area contributed by atoms with Crippen LogP contribution >= 0.6 is 0 Å². The fraction of sp³-hybridized carbons (Fsp3) is 0.378. The molecule has 13 nitrogen and oxygen atoms in total. The molecule has 4 N–H and O–H groups in total. The van der Waals surface area contributed by atoms with Gasteiger partial charge >= 0.3 is 0 Å². The van der Waals surface area contributed by atoms with Crippen LogP contribution in [0.25, 0.3) is 22.5 Å². The molecule has 1 aromatic heterocycles. The highest BCUT2D eigenvalue weighted by Crippen LogP contribution is 2.50. The van der Waals surface area contributed by atoms with E-state index in [0.717, 1.165) is 11.1 Å². The number of benzene rings is 2. The number of nitrogens with one attached hydrogen (secondary N) is 4. The highest BCUT2D eigenvalue weighted by atomic mass is 16.5. The molecule has 0 bridgehead atoms. The number of anilines is 2. The van der Waals surface area contributed by atoms with Crippen molar-refractivity contribution >= 4 is 23.2 Å². The smallest absolute Gasteiger partial charge is 0.247 e. The van der Waals surface area contributed by atoms with Crippen LogP contribution < -0.4 is 35.6 Å². The van der Waals surface area contributed by atoms with Gasteiger partial charge in [0, 0.05) is 30.8 Å². The second-order valence-corrected chi connectivity index (χ2v) is 12.2. The lowest BCUT2D eigenvalue weighted by atomic mass is 9.95. The Hall–Kier alpha value is -5.43. The third-order valence-electron chi connectivity index (χ3n) is 8.92. The van der Waals surface area contributed by atoms with Gasteiger partial charge in [0.25, 0.3) is 0 Å². The first-order chi connectivity index (χ1) is 24.1. The van der Waals surface area contributed by atoms with Crippen LogP contribution in [0.3, 0.4) is 0 Å². The molecule has 3 atom stereocenters. The third kappa shape index (κ3) is 7.57. The molecule has 0 saturated carbocycles. The highest BCUT2D eigenvalue weighted by Gasteiger charge is 2.30. The zero-order chi connectivity index (χ0) is 35.9. The predicted octanol–water partition coefficient (Wildman–Crippen LogP) is 5.26. The number of aromatic nitrogens is 3. The van der Waals surface area contributed by atoms with Gasteiger partial charge in [-0.3, -0.25) is 19.5 Å². The number of hydrogen-bond donors (Lipinski definition) is 4. The van der Waals surface area contributed by atoms with Crippen molar-refractivity contribution in [1.29, 1.82) is 0 Å². The van der Waals surface area contributed by atoms with Gasteiger partial charge in [-0.2, -0.15) is 5.10 Å². The molecular weight excluding hydrogens is 640 g/mol. The number of carbonyl (C=O) groups is 2. The van der Waals surface area contributed by atoms with Crippen LogP contribution in [0.5, 0.6) is 17.2 Å². The van der Waals surface area contributed by atoms with Crippen molar-refractivity contribution in [2.24, 2.45) is 5.92 Å². The maximum Gasteiger partial charge on any atom is 0.247 e. The topological polar surface area (TPSA) is 166 Å². The summed E-state index contributed by atoms with van der Waals surface area (Å²) >= 11 is 0. The largest absolute Gasteiger partial charge is 0.493 e. The molecule has 13 heteroatoms. The van der Waals surface area contributed by atoms with Crippen LogP contribution in [-0.2, 0) is 27.4 Å². The van der Waals surface area contributed by atoms with Crippen LogP contribution in [0, 0.1) is 5.92 Å². The van der Waals surface area contributed by atoms with E-state index in [2.05, 4.69) is 31.1 Å². The number of methoxy groups -OCH3 is 4. The van der Waals surface area contributed by atoms with Crippen LogP contribution in [-0.4, -0.2) is 61.5 Å². The number of rotatable bonds is 13. The van der Waals surface area contributed by atoms with E-state index >= 15 is 0 Å². The van der Waals surface area contributed by atoms with E-state index in [0.29, 0.717) is 77.1 Å². The summed E-state index contributed by atoms with van der Waals surface area (Å²) in [6.45, 7) is 5.69. The number of aromatic amines is 1. The van der Waals surface area contributed by atoms with E-state index in [4.69, 9.17) is 18.9 Å². The number of ether oxygens (including phenoxy) is 4.